The minimum Gasteiger partial charge on any atom is -0.508 e. The molecule has 0 radical (unpaired) electrons. The summed E-state index contributed by atoms with van der Waals surface area (Å²) in [5.41, 5.74) is 1.21. The molecule has 3 atom stereocenters. The Morgan fingerprint density at radius 3 is 2.83 bits per heavy atom. The van der Waals surface area contributed by atoms with Crippen LogP contribution in [0.15, 0.2) is 24.3 Å². The van der Waals surface area contributed by atoms with Gasteiger partial charge in [-0.1, -0.05) is 18.6 Å². The molecule has 1 aromatic rings. The smallest absolute Gasteiger partial charge is 0.115 e. The maximum absolute atomic E-state index is 9.48. The lowest BCUT2D eigenvalue weighted by Gasteiger charge is -2.27. The second kappa shape index (κ2) is 4.93. The first-order valence-electron chi connectivity index (χ1n) is 7.17. The van der Waals surface area contributed by atoms with Gasteiger partial charge in [0.2, 0.25) is 0 Å². The minimum absolute atomic E-state index is 0.376. The predicted molar refractivity (Wildman–Crippen MR) is 73.4 cm³/mol. The molecule has 1 aromatic carbocycles. The highest BCUT2D eigenvalue weighted by atomic mass is 16.3. The Bertz CT molecular complexity index is 417. The molecule has 2 heteroatoms. The lowest BCUT2D eigenvalue weighted by molar-refractivity contribution is 0.214. The molecule has 2 aliphatic carbocycles. The van der Waals surface area contributed by atoms with Gasteiger partial charge < -0.3 is 10.0 Å². The van der Waals surface area contributed by atoms with Gasteiger partial charge in [0.05, 0.1) is 0 Å². The number of rotatable bonds is 4. The van der Waals surface area contributed by atoms with Crippen molar-refractivity contribution in [2.75, 3.05) is 13.6 Å². The summed E-state index contributed by atoms with van der Waals surface area (Å²) in [6.45, 7) is 2.17. The number of phenolic OH excluding ortho intramolecular Hbond substituents is 1. The summed E-state index contributed by atoms with van der Waals surface area (Å²) in [6.07, 6.45) is 5.90. The molecule has 18 heavy (non-hydrogen) atoms. The fourth-order valence-corrected chi connectivity index (χ4v) is 4.03. The van der Waals surface area contributed by atoms with Crippen LogP contribution in [-0.2, 0) is 6.54 Å². The van der Waals surface area contributed by atoms with Crippen LogP contribution in [0.3, 0.4) is 0 Å². The Balaban J connectivity index is 1.54. The highest BCUT2D eigenvalue weighted by Crippen LogP contribution is 2.48. The highest BCUT2D eigenvalue weighted by molar-refractivity contribution is 5.26. The third-order valence-corrected chi connectivity index (χ3v) is 4.79. The molecule has 0 aromatic heterocycles. The van der Waals surface area contributed by atoms with Crippen LogP contribution in [-0.4, -0.2) is 23.6 Å². The van der Waals surface area contributed by atoms with Crippen LogP contribution in [0.25, 0.3) is 0 Å². The zero-order valence-electron chi connectivity index (χ0n) is 11.2. The molecule has 0 aliphatic heterocycles. The number of nitrogens with zero attached hydrogens (tertiary/aromatic N) is 1. The van der Waals surface area contributed by atoms with E-state index < -0.39 is 0 Å². The van der Waals surface area contributed by atoms with Gasteiger partial charge in [-0.15, -0.1) is 0 Å². The van der Waals surface area contributed by atoms with Crippen LogP contribution in [0.2, 0.25) is 0 Å². The van der Waals surface area contributed by atoms with E-state index in [9.17, 15) is 5.11 Å². The van der Waals surface area contributed by atoms with Gasteiger partial charge >= 0.3 is 0 Å². The first-order valence-corrected chi connectivity index (χ1v) is 7.17. The molecule has 0 heterocycles. The van der Waals surface area contributed by atoms with Crippen molar-refractivity contribution in [1.82, 2.24) is 4.90 Å². The summed E-state index contributed by atoms with van der Waals surface area (Å²) < 4.78 is 0. The average Bonchev–Trinajstić information content (AvgIpc) is 2.90. The maximum Gasteiger partial charge on any atom is 0.115 e. The van der Waals surface area contributed by atoms with Crippen molar-refractivity contribution in [3.05, 3.63) is 29.8 Å². The monoisotopic (exact) mass is 245 g/mol. The van der Waals surface area contributed by atoms with Crippen molar-refractivity contribution in [3.8, 4) is 5.75 Å². The molecule has 98 valence electrons. The SMILES string of the molecule is CN(Cc1cccc(O)c1)CC1CC2CCC1C2. The molecule has 2 bridgehead atoms. The van der Waals surface area contributed by atoms with Gasteiger partial charge in [0.15, 0.2) is 0 Å². The highest BCUT2D eigenvalue weighted by Gasteiger charge is 2.39. The van der Waals surface area contributed by atoms with Crippen LogP contribution < -0.4 is 0 Å². The van der Waals surface area contributed by atoms with Gasteiger partial charge in [-0.25, -0.2) is 0 Å². The van der Waals surface area contributed by atoms with E-state index in [0.717, 1.165) is 24.3 Å². The van der Waals surface area contributed by atoms with Crippen LogP contribution in [0.4, 0.5) is 0 Å². The molecule has 3 rings (SSSR count). The summed E-state index contributed by atoms with van der Waals surface area (Å²) in [6, 6.07) is 7.63. The van der Waals surface area contributed by atoms with Gasteiger partial charge in [-0.05, 0) is 61.8 Å². The van der Waals surface area contributed by atoms with Crippen molar-refractivity contribution >= 4 is 0 Å². The summed E-state index contributed by atoms with van der Waals surface area (Å²) in [5, 5.41) is 9.48. The van der Waals surface area contributed by atoms with Crippen molar-refractivity contribution in [2.45, 2.75) is 32.2 Å². The quantitative estimate of drug-likeness (QED) is 0.880. The van der Waals surface area contributed by atoms with E-state index in [2.05, 4.69) is 18.0 Å². The number of phenols is 1. The van der Waals surface area contributed by atoms with Gasteiger partial charge in [-0.2, -0.15) is 0 Å². The fraction of sp³-hybridized carbons (Fsp3) is 0.625. The van der Waals surface area contributed by atoms with E-state index in [-0.39, 0.29) is 0 Å². The Hall–Kier alpha value is -1.02. The molecular formula is C16H23NO. The second-order valence-corrected chi connectivity index (χ2v) is 6.30. The molecular weight excluding hydrogens is 222 g/mol. The van der Waals surface area contributed by atoms with E-state index in [1.54, 1.807) is 6.07 Å². The summed E-state index contributed by atoms with van der Waals surface area (Å²) in [5.74, 6) is 3.34. The first-order chi connectivity index (χ1) is 8.70. The van der Waals surface area contributed by atoms with Crippen molar-refractivity contribution in [3.63, 3.8) is 0 Å². The summed E-state index contributed by atoms with van der Waals surface area (Å²) in [4.78, 5) is 2.42. The number of fused-ring (bicyclic) bond motifs is 2. The lowest BCUT2D eigenvalue weighted by atomic mass is 9.88. The fourth-order valence-electron chi connectivity index (χ4n) is 4.03. The molecule has 0 amide bonds. The van der Waals surface area contributed by atoms with Gasteiger partial charge in [0.25, 0.3) is 0 Å². The topological polar surface area (TPSA) is 23.5 Å². The van der Waals surface area contributed by atoms with E-state index >= 15 is 0 Å². The number of aromatic hydroxyl groups is 1. The summed E-state index contributed by atoms with van der Waals surface area (Å²) in [7, 11) is 2.20. The molecule has 1 N–H and O–H groups in total. The zero-order chi connectivity index (χ0) is 12.5. The Morgan fingerprint density at radius 1 is 1.28 bits per heavy atom. The minimum atomic E-state index is 0.376. The predicted octanol–water partition coefficient (Wildman–Crippen LogP) is 3.26. The van der Waals surface area contributed by atoms with Crippen molar-refractivity contribution in [1.29, 1.82) is 0 Å². The molecule has 0 spiro atoms. The second-order valence-electron chi connectivity index (χ2n) is 6.30. The van der Waals surface area contributed by atoms with Gasteiger partial charge in [0.1, 0.15) is 5.75 Å². The van der Waals surface area contributed by atoms with E-state index in [0.29, 0.717) is 5.75 Å². The number of hydrogen-bond donors (Lipinski definition) is 1. The first kappa shape index (κ1) is 12.0. The maximum atomic E-state index is 9.48. The standard InChI is InChI=1S/C16H23NO/c1-17(10-13-3-2-4-16(18)9-13)11-15-8-12-5-6-14(15)7-12/h2-4,9,12,14-15,18H,5-8,10-11H2,1H3. The Kier molecular flexibility index (Phi) is 3.29. The van der Waals surface area contributed by atoms with Crippen molar-refractivity contribution in [2.24, 2.45) is 17.8 Å². The van der Waals surface area contributed by atoms with E-state index in [1.807, 2.05) is 12.1 Å². The normalized spacial score (nSPS) is 30.2. The van der Waals surface area contributed by atoms with Crippen LogP contribution in [0, 0.1) is 17.8 Å². The average molecular weight is 245 g/mol. The van der Waals surface area contributed by atoms with Crippen LogP contribution in [0.5, 0.6) is 5.75 Å². The molecule has 0 saturated heterocycles. The number of hydrogen-bond acceptors (Lipinski definition) is 2. The van der Waals surface area contributed by atoms with Crippen LogP contribution >= 0.6 is 0 Å². The third kappa shape index (κ3) is 2.54. The number of benzene rings is 1. The third-order valence-electron chi connectivity index (χ3n) is 4.79. The van der Waals surface area contributed by atoms with Gasteiger partial charge in [-0.3, -0.25) is 0 Å². The van der Waals surface area contributed by atoms with Gasteiger partial charge in [0, 0.05) is 13.1 Å². The molecule has 2 aliphatic rings. The van der Waals surface area contributed by atoms with Crippen LogP contribution in [0.1, 0.15) is 31.2 Å². The summed E-state index contributed by atoms with van der Waals surface area (Å²) >= 11 is 0. The lowest BCUT2D eigenvalue weighted by Crippen LogP contribution is -2.28. The molecule has 2 fully saturated rings. The van der Waals surface area contributed by atoms with E-state index in [1.165, 1.54) is 37.8 Å². The molecule has 3 unspecified atom stereocenters. The Morgan fingerprint density at radius 2 is 2.17 bits per heavy atom. The zero-order valence-corrected chi connectivity index (χ0v) is 11.2. The van der Waals surface area contributed by atoms with E-state index in [4.69, 9.17) is 0 Å². The molecule has 2 saturated carbocycles. The van der Waals surface area contributed by atoms with Crippen molar-refractivity contribution < 1.29 is 5.11 Å². The largest absolute Gasteiger partial charge is 0.508 e. The Labute approximate surface area is 110 Å². The molecule has 2 nitrogen and oxygen atoms in total.